The summed E-state index contributed by atoms with van der Waals surface area (Å²) in [5, 5.41) is 2.96. The highest BCUT2D eigenvalue weighted by molar-refractivity contribution is 5.98. The molecule has 5 heteroatoms. The summed E-state index contributed by atoms with van der Waals surface area (Å²) in [4.78, 5) is 26.4. The number of hydrogen-bond acceptors (Lipinski definition) is 3. The Labute approximate surface area is 146 Å². The monoisotopic (exact) mass is 336 g/mol. The van der Waals surface area contributed by atoms with E-state index in [4.69, 9.17) is 4.74 Å². The lowest BCUT2D eigenvalue weighted by atomic mass is 10.0. The van der Waals surface area contributed by atoms with Gasteiger partial charge in [-0.2, -0.15) is 0 Å². The molecule has 2 heterocycles. The Morgan fingerprint density at radius 3 is 2.88 bits per heavy atom. The molecule has 0 atom stereocenters. The summed E-state index contributed by atoms with van der Waals surface area (Å²) in [5.74, 6) is 0.842. The van der Waals surface area contributed by atoms with E-state index in [9.17, 15) is 9.59 Å². The maximum Gasteiger partial charge on any atom is 0.227 e. The minimum atomic E-state index is -0.0869. The molecule has 5 nitrogen and oxygen atoms in total. The zero-order chi connectivity index (χ0) is 17.2. The number of fused-ring (bicyclic) bond motifs is 2. The van der Waals surface area contributed by atoms with Crippen LogP contribution in [0, 0.1) is 0 Å². The first kappa shape index (κ1) is 15.7. The van der Waals surface area contributed by atoms with Crippen LogP contribution in [0.3, 0.4) is 0 Å². The lowest BCUT2D eigenvalue weighted by Crippen LogP contribution is -2.37. The molecular formula is C20H20N2O3. The van der Waals surface area contributed by atoms with Gasteiger partial charge in [0.1, 0.15) is 5.75 Å². The number of rotatable bonds is 4. The number of nitrogens with one attached hydrogen (secondary N) is 1. The van der Waals surface area contributed by atoms with Crippen molar-refractivity contribution in [3.63, 3.8) is 0 Å². The van der Waals surface area contributed by atoms with Gasteiger partial charge in [0.05, 0.1) is 6.61 Å². The summed E-state index contributed by atoms with van der Waals surface area (Å²) >= 11 is 0. The average molecular weight is 336 g/mol. The van der Waals surface area contributed by atoms with E-state index < -0.39 is 0 Å². The van der Waals surface area contributed by atoms with Crippen LogP contribution in [0.1, 0.15) is 24.0 Å². The molecule has 0 saturated carbocycles. The highest BCUT2D eigenvalue weighted by atomic mass is 16.5. The fourth-order valence-corrected chi connectivity index (χ4v) is 3.51. The van der Waals surface area contributed by atoms with Crippen LogP contribution in [-0.2, 0) is 22.4 Å². The van der Waals surface area contributed by atoms with E-state index in [1.807, 2.05) is 42.5 Å². The van der Waals surface area contributed by atoms with E-state index in [-0.39, 0.29) is 18.2 Å². The van der Waals surface area contributed by atoms with Gasteiger partial charge in [0.2, 0.25) is 11.8 Å². The summed E-state index contributed by atoms with van der Waals surface area (Å²) in [6.07, 6.45) is 2.35. The number of nitrogens with zero attached hydrogens (tertiary/aromatic N) is 1. The van der Waals surface area contributed by atoms with E-state index in [2.05, 4.69) is 5.32 Å². The number of carbonyl (C=O) groups excluding carboxylic acids is 2. The third-order valence-corrected chi connectivity index (χ3v) is 4.77. The molecule has 0 unspecified atom stereocenters. The molecule has 2 aliphatic rings. The summed E-state index contributed by atoms with van der Waals surface area (Å²) in [5.41, 5.74) is 3.96. The lowest BCUT2D eigenvalue weighted by molar-refractivity contribution is -0.119. The fourth-order valence-electron chi connectivity index (χ4n) is 3.51. The van der Waals surface area contributed by atoms with Gasteiger partial charge in [0.25, 0.3) is 0 Å². The molecule has 0 fully saturated rings. The van der Waals surface area contributed by atoms with Crippen LogP contribution in [-0.4, -0.2) is 25.0 Å². The van der Waals surface area contributed by atoms with Crippen LogP contribution >= 0.6 is 0 Å². The van der Waals surface area contributed by atoms with Gasteiger partial charge < -0.3 is 15.0 Å². The number of aryl methyl sites for hydroxylation is 1. The highest BCUT2D eigenvalue weighted by Gasteiger charge is 2.24. The van der Waals surface area contributed by atoms with Gasteiger partial charge in [-0.05, 0) is 30.2 Å². The predicted molar refractivity (Wildman–Crippen MR) is 96.0 cm³/mol. The summed E-state index contributed by atoms with van der Waals surface area (Å²) in [6, 6.07) is 13.6. The number of amides is 2. The van der Waals surface area contributed by atoms with Crippen molar-refractivity contribution in [2.24, 2.45) is 0 Å². The molecule has 4 rings (SSSR count). The van der Waals surface area contributed by atoms with Crippen LogP contribution in [0.25, 0.3) is 0 Å². The quantitative estimate of drug-likeness (QED) is 0.934. The molecule has 0 aliphatic carbocycles. The number of hydrogen-bond donors (Lipinski definition) is 1. The van der Waals surface area contributed by atoms with Crippen molar-refractivity contribution in [1.82, 2.24) is 0 Å². The Kier molecular flexibility index (Phi) is 4.14. The van der Waals surface area contributed by atoms with Gasteiger partial charge in [-0.1, -0.05) is 24.3 Å². The van der Waals surface area contributed by atoms with Crippen molar-refractivity contribution in [1.29, 1.82) is 0 Å². The Balaban J connectivity index is 1.43. The Hall–Kier alpha value is -2.82. The van der Waals surface area contributed by atoms with Crippen LogP contribution in [0.4, 0.5) is 11.4 Å². The molecule has 0 aromatic heterocycles. The third-order valence-electron chi connectivity index (χ3n) is 4.77. The fraction of sp³-hybridized carbons (Fsp3) is 0.300. The molecule has 0 bridgehead atoms. The van der Waals surface area contributed by atoms with Crippen LogP contribution in [0.2, 0.25) is 0 Å². The smallest absolute Gasteiger partial charge is 0.227 e. The van der Waals surface area contributed by atoms with Gasteiger partial charge in [-0.15, -0.1) is 0 Å². The van der Waals surface area contributed by atoms with E-state index in [0.29, 0.717) is 19.6 Å². The first-order chi connectivity index (χ1) is 12.2. The summed E-state index contributed by atoms with van der Waals surface area (Å²) in [6.45, 7) is 1.05. The van der Waals surface area contributed by atoms with Crippen LogP contribution in [0.15, 0.2) is 42.5 Å². The van der Waals surface area contributed by atoms with Gasteiger partial charge in [-0.3, -0.25) is 9.59 Å². The van der Waals surface area contributed by atoms with E-state index in [0.717, 1.165) is 35.5 Å². The lowest BCUT2D eigenvalue weighted by Gasteiger charge is -2.29. The average Bonchev–Trinajstić information content (AvgIpc) is 3.11. The van der Waals surface area contributed by atoms with Crippen LogP contribution < -0.4 is 15.0 Å². The van der Waals surface area contributed by atoms with Crippen molar-refractivity contribution in [2.75, 3.05) is 23.4 Å². The molecule has 2 amide bonds. The molecule has 2 aromatic rings. The molecule has 1 N–H and O–H groups in total. The Bertz CT molecular complexity index is 831. The molecule has 25 heavy (non-hydrogen) atoms. The zero-order valence-corrected chi connectivity index (χ0v) is 14.0. The molecule has 0 radical (unpaired) electrons. The number of carbonyl (C=O) groups is 2. The van der Waals surface area contributed by atoms with Crippen molar-refractivity contribution in [3.05, 3.63) is 53.6 Å². The second-order valence-electron chi connectivity index (χ2n) is 6.35. The van der Waals surface area contributed by atoms with E-state index >= 15 is 0 Å². The minimum absolute atomic E-state index is 0.0838. The number of anilines is 2. The number of benzene rings is 2. The standard InChI is InChI=1S/C20H20N2O3/c23-19(21-16-5-3-7-18-15(16)11-13-25-18)10-12-22-17-6-2-1-4-14(17)8-9-20(22)24/h1-7H,8-13H2,(H,21,23). The molecule has 0 spiro atoms. The van der Waals surface area contributed by atoms with Gasteiger partial charge in [0.15, 0.2) is 0 Å². The van der Waals surface area contributed by atoms with E-state index in [1.54, 1.807) is 4.90 Å². The molecule has 0 saturated heterocycles. The zero-order valence-electron chi connectivity index (χ0n) is 14.0. The van der Waals surface area contributed by atoms with Crippen molar-refractivity contribution in [2.45, 2.75) is 25.7 Å². The van der Waals surface area contributed by atoms with Crippen molar-refractivity contribution < 1.29 is 14.3 Å². The van der Waals surface area contributed by atoms with Crippen molar-refractivity contribution in [3.8, 4) is 5.75 Å². The Morgan fingerprint density at radius 2 is 1.96 bits per heavy atom. The maximum atomic E-state index is 12.4. The summed E-state index contributed by atoms with van der Waals surface area (Å²) in [7, 11) is 0. The minimum Gasteiger partial charge on any atom is -0.493 e. The predicted octanol–water partition coefficient (Wildman–Crippen LogP) is 2.93. The van der Waals surface area contributed by atoms with Crippen molar-refractivity contribution >= 4 is 23.2 Å². The molecule has 128 valence electrons. The normalized spacial score (nSPS) is 15.4. The van der Waals surface area contributed by atoms with Crippen LogP contribution in [0.5, 0.6) is 5.75 Å². The maximum absolute atomic E-state index is 12.4. The van der Waals surface area contributed by atoms with Gasteiger partial charge >= 0.3 is 0 Å². The third kappa shape index (κ3) is 3.09. The summed E-state index contributed by atoms with van der Waals surface area (Å²) < 4.78 is 5.52. The highest BCUT2D eigenvalue weighted by Crippen LogP contribution is 2.32. The topological polar surface area (TPSA) is 58.6 Å². The van der Waals surface area contributed by atoms with E-state index in [1.165, 1.54) is 5.56 Å². The number of ether oxygens (including phenoxy) is 1. The largest absolute Gasteiger partial charge is 0.493 e. The first-order valence-corrected chi connectivity index (χ1v) is 8.65. The SMILES string of the molecule is O=C(CCN1C(=O)CCc2ccccc21)Nc1cccc2c1CCO2. The second kappa shape index (κ2) is 6.59. The van der Waals surface area contributed by atoms with Gasteiger partial charge in [-0.25, -0.2) is 0 Å². The first-order valence-electron chi connectivity index (χ1n) is 8.65. The second-order valence-corrected chi connectivity index (χ2v) is 6.35. The molecule has 2 aliphatic heterocycles. The molecule has 2 aromatic carbocycles. The van der Waals surface area contributed by atoms with Gasteiger partial charge in [0, 0.05) is 42.7 Å². The molecular weight excluding hydrogens is 316 g/mol. The Morgan fingerprint density at radius 1 is 1.08 bits per heavy atom. The number of para-hydroxylation sites is 1.